The minimum atomic E-state index is -0.143. The van der Waals surface area contributed by atoms with Gasteiger partial charge >= 0.3 is 0 Å². The van der Waals surface area contributed by atoms with Gasteiger partial charge in [0.15, 0.2) is 0 Å². The van der Waals surface area contributed by atoms with Gasteiger partial charge in [0, 0.05) is 61.1 Å². The van der Waals surface area contributed by atoms with Gasteiger partial charge in [-0.3, -0.25) is 4.79 Å². The molecule has 0 amide bonds. The van der Waals surface area contributed by atoms with Gasteiger partial charge in [-0.1, -0.05) is 24.3 Å². The van der Waals surface area contributed by atoms with Gasteiger partial charge in [-0.25, -0.2) is 0 Å². The number of aryl methyl sites for hydroxylation is 1. The largest absolute Gasteiger partial charge is 0.508 e. The van der Waals surface area contributed by atoms with E-state index in [1.807, 2.05) is 19.2 Å². The number of aromatic nitrogens is 1. The Morgan fingerprint density at radius 1 is 1.12 bits per heavy atom. The Morgan fingerprint density at radius 3 is 2.79 bits per heavy atom. The van der Waals surface area contributed by atoms with E-state index in [1.54, 1.807) is 18.2 Å². The van der Waals surface area contributed by atoms with E-state index >= 15 is 0 Å². The first-order valence-corrected chi connectivity index (χ1v) is 11.6. The van der Waals surface area contributed by atoms with Crippen LogP contribution in [0.4, 0.5) is 5.69 Å². The number of likely N-dealkylation sites (N-methyl/N-ethyl adjacent to an activating group) is 1. The molecule has 1 aliphatic heterocycles. The van der Waals surface area contributed by atoms with Crippen molar-refractivity contribution < 1.29 is 9.90 Å². The first kappa shape index (κ1) is 22.2. The number of hydrogen-bond donors (Lipinski definition) is 4. The molecule has 0 spiro atoms. The van der Waals surface area contributed by atoms with Crippen LogP contribution in [0.3, 0.4) is 0 Å². The summed E-state index contributed by atoms with van der Waals surface area (Å²) in [6.45, 7) is 1.52. The highest BCUT2D eigenvalue weighted by Crippen LogP contribution is 2.44. The van der Waals surface area contributed by atoms with Gasteiger partial charge in [-0.2, -0.15) is 0 Å². The lowest BCUT2D eigenvalue weighted by Gasteiger charge is -2.30. The maximum absolute atomic E-state index is 11.8. The van der Waals surface area contributed by atoms with Crippen LogP contribution in [0.1, 0.15) is 39.0 Å². The second-order valence-electron chi connectivity index (χ2n) is 9.01. The van der Waals surface area contributed by atoms with Crippen molar-refractivity contribution in [2.75, 3.05) is 18.9 Å². The number of hydrogen-bond acceptors (Lipinski definition) is 5. The number of carbonyl (C=O) groups excluding carboxylic acids is 1. The minimum absolute atomic E-state index is 0.0748. The summed E-state index contributed by atoms with van der Waals surface area (Å²) in [6, 6.07) is 21.9. The highest BCUT2D eigenvalue weighted by atomic mass is 16.3. The molecule has 0 saturated heterocycles. The number of fused-ring (bicyclic) bond motifs is 2. The van der Waals surface area contributed by atoms with Crippen LogP contribution < -0.4 is 16.0 Å². The third kappa shape index (κ3) is 4.06. The van der Waals surface area contributed by atoms with Crippen molar-refractivity contribution in [1.29, 1.82) is 0 Å². The second kappa shape index (κ2) is 9.33. The van der Waals surface area contributed by atoms with Crippen LogP contribution in [0.2, 0.25) is 0 Å². The Morgan fingerprint density at radius 2 is 1.97 bits per heavy atom. The maximum Gasteiger partial charge on any atom is 0.150 e. The second-order valence-corrected chi connectivity index (χ2v) is 9.01. The smallest absolute Gasteiger partial charge is 0.150 e. The molecule has 6 heteroatoms. The summed E-state index contributed by atoms with van der Waals surface area (Å²) < 4.78 is 2.13. The predicted molar refractivity (Wildman–Crippen MR) is 137 cm³/mol. The van der Waals surface area contributed by atoms with Crippen LogP contribution in [0.5, 0.6) is 5.75 Å². The number of aromatic hydroxyl groups is 1. The lowest BCUT2D eigenvalue weighted by Crippen LogP contribution is -2.39. The summed E-state index contributed by atoms with van der Waals surface area (Å²) in [5.74, 6) is 0.233. The number of benzene rings is 3. The van der Waals surface area contributed by atoms with Crippen LogP contribution in [0.25, 0.3) is 10.9 Å². The molecule has 34 heavy (non-hydrogen) atoms. The molecule has 3 aromatic carbocycles. The number of phenolic OH excluding ortho intramolecular Hbond substituents is 1. The molecule has 3 unspecified atom stereocenters. The van der Waals surface area contributed by atoms with Gasteiger partial charge in [-0.15, -0.1) is 0 Å². The van der Waals surface area contributed by atoms with Gasteiger partial charge in [0.2, 0.25) is 0 Å². The van der Waals surface area contributed by atoms with Gasteiger partial charge < -0.3 is 25.6 Å². The number of phenols is 1. The van der Waals surface area contributed by atoms with Gasteiger partial charge in [0.25, 0.3) is 0 Å². The Bertz CT molecular complexity index is 1330. The lowest BCUT2D eigenvalue weighted by atomic mass is 9.82. The molecule has 0 fully saturated rings. The van der Waals surface area contributed by atoms with Gasteiger partial charge in [0.05, 0.1) is 0 Å². The zero-order valence-electron chi connectivity index (χ0n) is 19.5. The predicted octanol–water partition coefficient (Wildman–Crippen LogP) is 4.32. The van der Waals surface area contributed by atoms with E-state index in [2.05, 4.69) is 70.2 Å². The highest BCUT2D eigenvalue weighted by molar-refractivity contribution is 5.81. The summed E-state index contributed by atoms with van der Waals surface area (Å²) in [6.07, 6.45) is 2.94. The molecule has 4 N–H and O–H groups in total. The summed E-state index contributed by atoms with van der Waals surface area (Å²) in [5, 5.41) is 22.1. The molecule has 6 nitrogen and oxygen atoms in total. The number of nitrogens with zero attached hydrogens (tertiary/aromatic N) is 1. The van der Waals surface area contributed by atoms with Crippen molar-refractivity contribution in [3.05, 3.63) is 95.2 Å². The number of anilines is 1. The lowest BCUT2D eigenvalue weighted by molar-refractivity contribution is 0.112. The number of carbonyl (C=O) groups is 1. The van der Waals surface area contributed by atoms with Gasteiger partial charge in [0.1, 0.15) is 12.0 Å². The maximum atomic E-state index is 11.8. The molecular weight excluding hydrogens is 424 g/mol. The van der Waals surface area contributed by atoms with Gasteiger partial charge in [-0.05, 0) is 71.6 Å². The molecular formula is C28H30N4O2. The van der Waals surface area contributed by atoms with Crippen molar-refractivity contribution in [2.45, 2.75) is 24.5 Å². The molecule has 2 heterocycles. The summed E-state index contributed by atoms with van der Waals surface area (Å²) >= 11 is 0. The van der Waals surface area contributed by atoms with E-state index in [4.69, 9.17) is 0 Å². The summed E-state index contributed by atoms with van der Waals surface area (Å²) in [7, 11) is 3.97. The summed E-state index contributed by atoms with van der Waals surface area (Å²) in [4.78, 5) is 11.8. The Labute approximate surface area is 199 Å². The van der Waals surface area contributed by atoms with Crippen LogP contribution in [0, 0.1) is 0 Å². The molecule has 0 aliphatic carbocycles. The molecule has 1 aromatic heterocycles. The summed E-state index contributed by atoms with van der Waals surface area (Å²) in [5.41, 5.74) is 6.18. The first-order chi connectivity index (χ1) is 16.6. The third-order valence-corrected chi connectivity index (χ3v) is 6.94. The first-order valence-electron chi connectivity index (χ1n) is 11.6. The molecule has 0 bridgehead atoms. The van der Waals surface area contributed by atoms with Crippen LogP contribution >= 0.6 is 0 Å². The zero-order valence-corrected chi connectivity index (χ0v) is 19.5. The van der Waals surface area contributed by atoms with Crippen molar-refractivity contribution in [3.63, 3.8) is 0 Å². The van der Waals surface area contributed by atoms with E-state index in [0.29, 0.717) is 5.56 Å². The Kier molecular flexibility index (Phi) is 6.09. The average Bonchev–Trinajstić information content (AvgIpc) is 3.40. The topological polar surface area (TPSA) is 78.3 Å². The molecule has 1 aliphatic rings. The standard InChI is InChI=1S/C28H30N4O2/c1-29-28(23-14-21(34)9-8-20(23)17-33)27-22-5-3-4-6-24(22)31-25(27)16-30-15-18-7-10-26-19(13-18)11-12-32(26)2/h3-14,17,25,27-31,34H,15-16H2,1-2H3. The fourth-order valence-corrected chi connectivity index (χ4v) is 5.30. The molecule has 174 valence electrons. The third-order valence-electron chi connectivity index (χ3n) is 6.94. The Hall–Kier alpha value is -3.61. The van der Waals surface area contributed by atoms with E-state index in [9.17, 15) is 9.90 Å². The van der Waals surface area contributed by atoms with Crippen molar-refractivity contribution in [3.8, 4) is 5.75 Å². The number of para-hydroxylation sites is 1. The number of aldehydes is 1. The Balaban J connectivity index is 1.39. The molecule has 5 rings (SSSR count). The number of nitrogens with one attached hydrogen (secondary N) is 3. The normalized spacial score (nSPS) is 17.9. The fourth-order valence-electron chi connectivity index (χ4n) is 5.30. The number of rotatable bonds is 8. The highest BCUT2D eigenvalue weighted by Gasteiger charge is 2.38. The molecule has 4 aromatic rings. The minimum Gasteiger partial charge on any atom is -0.508 e. The van der Waals surface area contributed by atoms with Crippen molar-refractivity contribution in [1.82, 2.24) is 15.2 Å². The van der Waals surface area contributed by atoms with E-state index in [-0.39, 0.29) is 23.8 Å². The van der Waals surface area contributed by atoms with E-state index < -0.39 is 0 Å². The van der Waals surface area contributed by atoms with Crippen LogP contribution in [0.15, 0.2) is 72.9 Å². The van der Waals surface area contributed by atoms with E-state index in [0.717, 1.165) is 30.6 Å². The average molecular weight is 455 g/mol. The van der Waals surface area contributed by atoms with E-state index in [1.165, 1.54) is 22.0 Å². The van der Waals surface area contributed by atoms with Crippen molar-refractivity contribution in [2.24, 2.45) is 7.05 Å². The fraction of sp³-hybridized carbons (Fsp3) is 0.250. The monoisotopic (exact) mass is 454 g/mol. The molecule has 3 atom stereocenters. The van der Waals surface area contributed by atoms with Crippen LogP contribution in [-0.4, -0.2) is 35.6 Å². The zero-order chi connectivity index (χ0) is 23.7. The molecule has 0 saturated carbocycles. The van der Waals surface area contributed by atoms with Crippen molar-refractivity contribution >= 4 is 22.9 Å². The van der Waals surface area contributed by atoms with Crippen LogP contribution in [-0.2, 0) is 13.6 Å². The quantitative estimate of drug-likeness (QED) is 0.298. The molecule has 0 radical (unpaired) electrons. The SMILES string of the molecule is CNC(c1cc(O)ccc1C=O)C1c2ccccc2NC1CNCc1ccc2c(ccn2C)c1.